The molecule has 2 aromatic rings. The Morgan fingerprint density at radius 2 is 2.05 bits per heavy atom. The summed E-state index contributed by atoms with van der Waals surface area (Å²) in [6.07, 6.45) is 2.12. The number of carbonyl (C=O) groups excluding carboxylic acids is 1. The van der Waals surface area contributed by atoms with Crippen molar-refractivity contribution in [1.29, 1.82) is 0 Å². The van der Waals surface area contributed by atoms with Crippen LogP contribution in [0.4, 0.5) is 0 Å². The lowest BCUT2D eigenvalue weighted by Gasteiger charge is -2.17. The molecule has 0 aliphatic carbocycles. The maximum Gasteiger partial charge on any atom is 0.257 e. The van der Waals surface area contributed by atoms with Gasteiger partial charge in [-0.2, -0.15) is 0 Å². The van der Waals surface area contributed by atoms with Crippen LogP contribution in [0.15, 0.2) is 48.7 Å². The van der Waals surface area contributed by atoms with E-state index < -0.39 is 0 Å². The van der Waals surface area contributed by atoms with Crippen LogP contribution < -0.4 is 10.1 Å². The molecule has 0 fully saturated rings. The molecule has 0 radical (unpaired) electrons. The normalized spacial score (nSPS) is 11.7. The number of pyridine rings is 1. The second-order valence-corrected chi connectivity index (χ2v) is 4.60. The summed E-state index contributed by atoms with van der Waals surface area (Å²) < 4.78 is 5.07. The van der Waals surface area contributed by atoms with Crippen LogP contribution >= 0.6 is 0 Å². The van der Waals surface area contributed by atoms with Crippen molar-refractivity contribution in [3.05, 3.63) is 59.8 Å². The van der Waals surface area contributed by atoms with Crippen LogP contribution in [-0.2, 0) is 6.42 Å². The van der Waals surface area contributed by atoms with Gasteiger partial charge in [0, 0.05) is 6.20 Å². The van der Waals surface area contributed by atoms with E-state index >= 15 is 0 Å². The summed E-state index contributed by atoms with van der Waals surface area (Å²) in [6.45, 7) is -0.136. The number of carbonyl (C=O) groups is 1. The molecule has 2 rings (SSSR count). The molecule has 0 aliphatic rings. The van der Waals surface area contributed by atoms with Crippen LogP contribution in [0.2, 0.25) is 0 Å². The summed E-state index contributed by atoms with van der Waals surface area (Å²) in [5.74, 6) is -0.0404. The highest BCUT2D eigenvalue weighted by atomic mass is 16.5. The summed E-state index contributed by atoms with van der Waals surface area (Å²) in [7, 11) is 1.46. The Morgan fingerprint density at radius 1 is 1.29 bits per heavy atom. The van der Waals surface area contributed by atoms with Crippen molar-refractivity contribution < 1.29 is 14.6 Å². The van der Waals surface area contributed by atoms with Gasteiger partial charge in [-0.3, -0.25) is 4.79 Å². The first-order chi connectivity index (χ1) is 10.2. The average Bonchev–Trinajstić information content (AvgIpc) is 2.55. The Balaban J connectivity index is 2.06. The number of amides is 1. The minimum absolute atomic E-state index is 0.136. The molecular formula is C16H18N2O3. The molecule has 110 valence electrons. The Bertz CT molecular complexity index is 587. The quantitative estimate of drug-likeness (QED) is 0.842. The monoisotopic (exact) mass is 286 g/mol. The molecule has 21 heavy (non-hydrogen) atoms. The van der Waals surface area contributed by atoms with Gasteiger partial charge in [0.05, 0.1) is 19.8 Å². The summed E-state index contributed by atoms with van der Waals surface area (Å²) in [6, 6.07) is 12.6. The molecule has 1 atom stereocenters. The molecule has 2 N–H and O–H groups in total. The van der Waals surface area contributed by atoms with Crippen molar-refractivity contribution >= 4 is 5.91 Å². The van der Waals surface area contributed by atoms with Gasteiger partial charge >= 0.3 is 0 Å². The number of benzene rings is 1. The van der Waals surface area contributed by atoms with Crippen molar-refractivity contribution in [2.24, 2.45) is 0 Å². The first-order valence-electron chi connectivity index (χ1n) is 6.69. The van der Waals surface area contributed by atoms with E-state index in [2.05, 4.69) is 10.3 Å². The largest absolute Gasteiger partial charge is 0.480 e. The molecule has 1 amide bonds. The molecular weight excluding hydrogens is 268 g/mol. The smallest absolute Gasteiger partial charge is 0.257 e. The Hall–Kier alpha value is -2.40. The third-order valence-electron chi connectivity index (χ3n) is 3.09. The van der Waals surface area contributed by atoms with E-state index in [1.807, 2.05) is 30.3 Å². The van der Waals surface area contributed by atoms with Gasteiger partial charge < -0.3 is 15.2 Å². The minimum atomic E-state index is -0.357. The molecule has 5 nitrogen and oxygen atoms in total. The fraction of sp³-hybridized carbons (Fsp3) is 0.250. The first kappa shape index (κ1) is 15.0. The van der Waals surface area contributed by atoms with Crippen LogP contribution in [0.3, 0.4) is 0 Å². The van der Waals surface area contributed by atoms with Crippen molar-refractivity contribution in [3.63, 3.8) is 0 Å². The van der Waals surface area contributed by atoms with E-state index in [4.69, 9.17) is 4.74 Å². The molecule has 1 aromatic heterocycles. The fourth-order valence-electron chi connectivity index (χ4n) is 2.05. The number of hydrogen-bond acceptors (Lipinski definition) is 4. The highest BCUT2D eigenvalue weighted by Gasteiger charge is 2.17. The minimum Gasteiger partial charge on any atom is -0.480 e. The van der Waals surface area contributed by atoms with Crippen molar-refractivity contribution in [2.75, 3.05) is 13.7 Å². The summed E-state index contributed by atoms with van der Waals surface area (Å²) in [5.41, 5.74) is 1.40. The Morgan fingerprint density at radius 3 is 2.71 bits per heavy atom. The maximum absolute atomic E-state index is 12.2. The average molecular weight is 286 g/mol. The summed E-state index contributed by atoms with van der Waals surface area (Å²) >= 11 is 0. The van der Waals surface area contributed by atoms with Crippen LogP contribution in [0, 0.1) is 0 Å². The van der Waals surface area contributed by atoms with Crippen LogP contribution in [0.5, 0.6) is 5.88 Å². The van der Waals surface area contributed by atoms with E-state index in [-0.39, 0.29) is 24.4 Å². The van der Waals surface area contributed by atoms with Gasteiger partial charge in [0.25, 0.3) is 5.91 Å². The lowest BCUT2D eigenvalue weighted by atomic mass is 10.1. The zero-order valence-electron chi connectivity index (χ0n) is 11.8. The van der Waals surface area contributed by atoms with Crippen LogP contribution in [-0.4, -0.2) is 35.8 Å². The lowest BCUT2D eigenvalue weighted by Crippen LogP contribution is -2.39. The standard InChI is InChI=1S/C16H18N2O3/c1-21-16-14(8-5-9-17-16)15(20)18-13(11-19)10-12-6-3-2-4-7-12/h2-9,13,19H,10-11H2,1H3,(H,18,20)/t13-/m0/s1. The third kappa shape index (κ3) is 4.03. The highest BCUT2D eigenvalue weighted by Crippen LogP contribution is 2.13. The molecule has 0 aliphatic heterocycles. The molecule has 0 bridgehead atoms. The third-order valence-corrected chi connectivity index (χ3v) is 3.09. The Labute approximate surface area is 123 Å². The van der Waals surface area contributed by atoms with Gasteiger partial charge in [-0.25, -0.2) is 4.98 Å². The number of aromatic nitrogens is 1. The van der Waals surface area contributed by atoms with E-state index in [1.54, 1.807) is 18.3 Å². The summed E-state index contributed by atoms with van der Waals surface area (Å²) in [5, 5.41) is 12.2. The van der Waals surface area contributed by atoms with Gasteiger partial charge in [-0.05, 0) is 24.1 Å². The number of nitrogens with one attached hydrogen (secondary N) is 1. The first-order valence-corrected chi connectivity index (χ1v) is 6.69. The van der Waals surface area contributed by atoms with Gasteiger partial charge in [-0.15, -0.1) is 0 Å². The number of hydrogen-bond donors (Lipinski definition) is 2. The topological polar surface area (TPSA) is 71.5 Å². The number of rotatable bonds is 6. The number of ether oxygens (including phenoxy) is 1. The fourth-order valence-corrected chi connectivity index (χ4v) is 2.05. The molecule has 0 spiro atoms. The van der Waals surface area contributed by atoms with Gasteiger partial charge in [0.1, 0.15) is 5.56 Å². The van der Waals surface area contributed by atoms with Crippen molar-refractivity contribution in [2.45, 2.75) is 12.5 Å². The number of methoxy groups -OCH3 is 1. The number of nitrogens with zero attached hydrogens (tertiary/aromatic N) is 1. The second kappa shape index (κ2) is 7.40. The Kier molecular flexibility index (Phi) is 5.29. The van der Waals surface area contributed by atoms with E-state index in [9.17, 15) is 9.90 Å². The van der Waals surface area contributed by atoms with E-state index in [1.165, 1.54) is 7.11 Å². The maximum atomic E-state index is 12.2. The SMILES string of the molecule is COc1ncccc1C(=O)N[C@H](CO)Cc1ccccc1. The summed E-state index contributed by atoms with van der Waals surface area (Å²) in [4.78, 5) is 16.2. The molecule has 0 unspecified atom stereocenters. The van der Waals surface area contributed by atoms with Crippen molar-refractivity contribution in [3.8, 4) is 5.88 Å². The molecule has 1 aromatic carbocycles. The highest BCUT2D eigenvalue weighted by molar-refractivity contribution is 5.96. The second-order valence-electron chi connectivity index (χ2n) is 4.60. The van der Waals surface area contributed by atoms with Crippen LogP contribution in [0.25, 0.3) is 0 Å². The molecule has 0 saturated carbocycles. The van der Waals surface area contributed by atoms with Crippen molar-refractivity contribution in [1.82, 2.24) is 10.3 Å². The molecule has 0 saturated heterocycles. The molecule has 1 heterocycles. The van der Waals surface area contributed by atoms with Crippen LogP contribution in [0.1, 0.15) is 15.9 Å². The zero-order chi connectivity index (χ0) is 15.1. The predicted molar refractivity (Wildman–Crippen MR) is 79.3 cm³/mol. The zero-order valence-corrected chi connectivity index (χ0v) is 11.8. The lowest BCUT2D eigenvalue weighted by molar-refractivity contribution is 0.0912. The van der Waals surface area contributed by atoms with Gasteiger partial charge in [0.15, 0.2) is 0 Å². The van der Waals surface area contributed by atoms with Gasteiger partial charge in [0.2, 0.25) is 5.88 Å². The predicted octanol–water partition coefficient (Wildman–Crippen LogP) is 1.42. The number of aliphatic hydroxyl groups excluding tert-OH is 1. The van der Waals surface area contributed by atoms with E-state index in [0.717, 1.165) is 5.56 Å². The number of aliphatic hydroxyl groups is 1. The molecule has 5 heteroatoms. The van der Waals surface area contributed by atoms with E-state index in [0.29, 0.717) is 12.0 Å². The van der Waals surface area contributed by atoms with Gasteiger partial charge in [-0.1, -0.05) is 30.3 Å².